The quantitative estimate of drug-likeness (QED) is 0.443. The van der Waals surface area contributed by atoms with Crippen molar-refractivity contribution in [2.24, 2.45) is 5.92 Å². The molecule has 7 heteroatoms. The number of pyridine rings is 1. The van der Waals surface area contributed by atoms with E-state index in [1.165, 1.54) is 17.3 Å². The van der Waals surface area contributed by atoms with Crippen molar-refractivity contribution in [1.29, 1.82) is 0 Å². The topological polar surface area (TPSA) is 53.5 Å². The van der Waals surface area contributed by atoms with Crippen molar-refractivity contribution in [2.45, 2.75) is 30.3 Å². The van der Waals surface area contributed by atoms with Crippen molar-refractivity contribution in [3.8, 4) is 0 Å². The summed E-state index contributed by atoms with van der Waals surface area (Å²) in [6, 6.07) is 16.0. The smallest absolute Gasteiger partial charge is 0.256 e. The first-order chi connectivity index (χ1) is 16.1. The monoisotopic (exact) mass is 479 g/mol. The summed E-state index contributed by atoms with van der Waals surface area (Å²) in [6.45, 7) is 1.38. The van der Waals surface area contributed by atoms with Crippen molar-refractivity contribution in [2.75, 3.05) is 26.4 Å². The summed E-state index contributed by atoms with van der Waals surface area (Å²) in [4.78, 5) is 34.5. The molecule has 5 nitrogen and oxygen atoms in total. The molecule has 172 valence electrons. The Morgan fingerprint density at radius 1 is 1.15 bits per heavy atom. The Kier molecular flexibility index (Phi) is 7.83. The highest BCUT2D eigenvalue weighted by Crippen LogP contribution is 2.29. The lowest BCUT2D eigenvalue weighted by molar-refractivity contribution is 0.0520. The molecule has 3 heterocycles. The van der Waals surface area contributed by atoms with E-state index >= 15 is 0 Å². The van der Waals surface area contributed by atoms with Crippen molar-refractivity contribution in [1.82, 2.24) is 14.8 Å². The van der Waals surface area contributed by atoms with Crippen LogP contribution in [0, 0.1) is 5.92 Å². The van der Waals surface area contributed by atoms with Gasteiger partial charge in [-0.2, -0.15) is 11.3 Å². The molecule has 0 saturated carbocycles. The van der Waals surface area contributed by atoms with Crippen molar-refractivity contribution in [3.05, 3.63) is 82.2 Å². The zero-order chi connectivity index (χ0) is 23.2. The fourth-order valence-electron chi connectivity index (χ4n) is 4.59. The van der Waals surface area contributed by atoms with E-state index in [1.807, 2.05) is 70.3 Å². The van der Waals surface area contributed by atoms with Gasteiger partial charge in [0.1, 0.15) is 5.03 Å². The Bertz CT molecular complexity index is 1060. The van der Waals surface area contributed by atoms with Gasteiger partial charge in [-0.15, -0.1) is 11.8 Å². The predicted molar refractivity (Wildman–Crippen MR) is 135 cm³/mol. The summed E-state index contributed by atoms with van der Waals surface area (Å²) in [6.07, 6.45) is 6.23. The van der Waals surface area contributed by atoms with Crippen LogP contribution in [-0.4, -0.2) is 59.0 Å². The molecule has 1 aliphatic heterocycles. The van der Waals surface area contributed by atoms with Gasteiger partial charge in [0.15, 0.2) is 0 Å². The number of aromatic nitrogens is 1. The number of hydrogen-bond acceptors (Lipinski definition) is 5. The third-order valence-corrected chi connectivity index (χ3v) is 7.83. The van der Waals surface area contributed by atoms with Crippen LogP contribution in [0.2, 0.25) is 0 Å². The lowest BCUT2D eigenvalue weighted by Crippen LogP contribution is -2.48. The summed E-state index contributed by atoms with van der Waals surface area (Å²) in [5.74, 6) is 0.444. The third kappa shape index (κ3) is 5.47. The van der Waals surface area contributed by atoms with Crippen LogP contribution in [0.4, 0.5) is 0 Å². The number of benzene rings is 1. The molecule has 1 aliphatic rings. The summed E-state index contributed by atoms with van der Waals surface area (Å²) >= 11 is 3.04. The number of rotatable bonds is 7. The van der Waals surface area contributed by atoms with E-state index in [4.69, 9.17) is 0 Å². The van der Waals surface area contributed by atoms with Gasteiger partial charge in [-0.25, -0.2) is 4.98 Å². The van der Waals surface area contributed by atoms with Crippen molar-refractivity contribution < 1.29 is 9.59 Å². The van der Waals surface area contributed by atoms with Crippen LogP contribution in [-0.2, 0) is 6.42 Å². The minimum Gasteiger partial charge on any atom is -0.339 e. The minimum atomic E-state index is 0.0493. The normalized spacial score (nSPS) is 15.3. The van der Waals surface area contributed by atoms with E-state index < -0.39 is 0 Å². The first-order valence-corrected chi connectivity index (χ1v) is 13.4. The summed E-state index contributed by atoms with van der Waals surface area (Å²) in [5.41, 5.74) is 2.65. The lowest BCUT2D eigenvalue weighted by Gasteiger charge is -2.40. The molecule has 1 fully saturated rings. The van der Waals surface area contributed by atoms with Crippen molar-refractivity contribution >= 4 is 34.9 Å². The van der Waals surface area contributed by atoms with Gasteiger partial charge >= 0.3 is 0 Å². The van der Waals surface area contributed by atoms with Gasteiger partial charge in [0.2, 0.25) is 0 Å². The van der Waals surface area contributed by atoms with Crippen LogP contribution in [0.5, 0.6) is 0 Å². The average Bonchev–Trinajstić information content (AvgIpc) is 3.42. The fraction of sp³-hybridized carbons (Fsp3) is 0.346. The number of likely N-dealkylation sites (tertiary alicyclic amines) is 1. The van der Waals surface area contributed by atoms with Gasteiger partial charge in [0.05, 0.1) is 11.1 Å². The number of thiophene rings is 1. The highest BCUT2D eigenvalue weighted by atomic mass is 32.2. The van der Waals surface area contributed by atoms with Crippen LogP contribution in [0.15, 0.2) is 70.5 Å². The molecule has 4 rings (SSSR count). The Balaban J connectivity index is 1.49. The summed E-state index contributed by atoms with van der Waals surface area (Å²) < 4.78 is 0. The predicted octanol–water partition coefficient (Wildman–Crippen LogP) is 5.10. The molecule has 2 amide bonds. The standard InChI is InChI=1S/C26H29N3O2S2/c1-28(25(30)21-12-16-33-18-21)23(17-19-7-4-3-5-8-19)20-10-14-29(15-11-20)26(31)22-9-6-13-27-24(22)32-2/h3-9,12-13,16,18,20,23H,10-11,14-15,17H2,1-2H3. The van der Waals surface area contributed by atoms with Crippen LogP contribution in [0.1, 0.15) is 39.1 Å². The van der Waals surface area contributed by atoms with E-state index in [0.717, 1.165) is 29.9 Å². The molecular weight excluding hydrogens is 450 g/mol. The fourth-order valence-corrected chi connectivity index (χ4v) is 5.76. The summed E-state index contributed by atoms with van der Waals surface area (Å²) in [7, 11) is 1.92. The number of hydrogen-bond donors (Lipinski definition) is 0. The zero-order valence-electron chi connectivity index (χ0n) is 19.0. The van der Waals surface area contributed by atoms with Gasteiger partial charge in [0, 0.05) is 37.8 Å². The van der Waals surface area contributed by atoms with Gasteiger partial charge in [-0.1, -0.05) is 30.3 Å². The molecule has 0 radical (unpaired) electrons. The van der Waals surface area contributed by atoms with Gasteiger partial charge < -0.3 is 9.80 Å². The van der Waals surface area contributed by atoms with Gasteiger partial charge in [0.25, 0.3) is 11.8 Å². The van der Waals surface area contributed by atoms with E-state index in [-0.39, 0.29) is 17.9 Å². The first-order valence-electron chi connectivity index (χ1n) is 11.2. The molecule has 1 unspecified atom stereocenters. The molecule has 33 heavy (non-hydrogen) atoms. The second-order valence-corrected chi connectivity index (χ2v) is 9.95. The first kappa shape index (κ1) is 23.5. The molecule has 0 spiro atoms. The van der Waals surface area contributed by atoms with Crippen LogP contribution < -0.4 is 0 Å². The Hall–Kier alpha value is -2.64. The van der Waals surface area contributed by atoms with Crippen LogP contribution >= 0.6 is 23.1 Å². The largest absolute Gasteiger partial charge is 0.339 e. The van der Waals surface area contributed by atoms with Crippen LogP contribution in [0.3, 0.4) is 0 Å². The molecule has 1 aromatic carbocycles. The number of piperidine rings is 1. The molecule has 1 saturated heterocycles. The zero-order valence-corrected chi connectivity index (χ0v) is 20.6. The van der Waals surface area contributed by atoms with Gasteiger partial charge in [-0.05, 0) is 60.6 Å². The number of carbonyl (C=O) groups excluding carboxylic acids is 2. The van der Waals surface area contributed by atoms with E-state index in [2.05, 4.69) is 17.1 Å². The average molecular weight is 480 g/mol. The molecule has 0 aliphatic carbocycles. The Labute approximate surface area is 203 Å². The Morgan fingerprint density at radius 3 is 2.58 bits per heavy atom. The maximum Gasteiger partial charge on any atom is 0.256 e. The second-order valence-electron chi connectivity index (χ2n) is 8.38. The minimum absolute atomic E-state index is 0.0493. The lowest BCUT2D eigenvalue weighted by atomic mass is 9.84. The van der Waals surface area contributed by atoms with E-state index in [0.29, 0.717) is 24.6 Å². The van der Waals surface area contributed by atoms with Gasteiger partial charge in [-0.3, -0.25) is 9.59 Å². The van der Waals surface area contributed by atoms with Crippen LogP contribution in [0.25, 0.3) is 0 Å². The number of nitrogens with zero attached hydrogens (tertiary/aromatic N) is 3. The summed E-state index contributed by atoms with van der Waals surface area (Å²) in [5, 5.41) is 4.63. The van der Waals surface area contributed by atoms with E-state index in [9.17, 15) is 9.59 Å². The molecule has 0 bridgehead atoms. The van der Waals surface area contributed by atoms with Crippen molar-refractivity contribution in [3.63, 3.8) is 0 Å². The number of thioether (sulfide) groups is 1. The molecular formula is C26H29N3O2S2. The molecule has 2 aromatic heterocycles. The second kappa shape index (κ2) is 11.0. The molecule has 1 atom stereocenters. The maximum atomic E-state index is 13.2. The molecule has 3 aromatic rings. The third-order valence-electron chi connectivity index (χ3n) is 6.44. The SMILES string of the molecule is CSc1ncccc1C(=O)N1CCC(C(Cc2ccccc2)N(C)C(=O)c2ccsc2)CC1. The number of carbonyl (C=O) groups is 2. The number of amides is 2. The Morgan fingerprint density at radius 2 is 1.91 bits per heavy atom. The van der Waals surface area contributed by atoms with E-state index in [1.54, 1.807) is 17.5 Å². The maximum absolute atomic E-state index is 13.2. The number of likely N-dealkylation sites (N-methyl/N-ethyl adjacent to an activating group) is 1. The highest BCUT2D eigenvalue weighted by Gasteiger charge is 2.33. The molecule has 0 N–H and O–H groups in total. The highest BCUT2D eigenvalue weighted by molar-refractivity contribution is 7.98.